The summed E-state index contributed by atoms with van der Waals surface area (Å²) in [7, 11) is 0. The van der Waals surface area contributed by atoms with E-state index < -0.39 is 5.97 Å². The number of carboxylic acids is 1. The highest BCUT2D eigenvalue weighted by molar-refractivity contribution is 5.94. The van der Waals surface area contributed by atoms with Crippen molar-refractivity contribution < 1.29 is 9.90 Å². The summed E-state index contributed by atoms with van der Waals surface area (Å²) < 4.78 is 1.73. The Morgan fingerprint density at radius 2 is 2.06 bits per heavy atom. The van der Waals surface area contributed by atoms with Crippen molar-refractivity contribution in [1.82, 2.24) is 14.6 Å². The summed E-state index contributed by atoms with van der Waals surface area (Å²) in [6.45, 7) is 6.03. The largest absolute Gasteiger partial charge is 0.478 e. The van der Waals surface area contributed by atoms with Gasteiger partial charge in [0.25, 0.3) is 0 Å². The zero-order valence-corrected chi connectivity index (χ0v) is 9.43. The summed E-state index contributed by atoms with van der Waals surface area (Å²) in [5.41, 5.74) is 0.390. The average molecular weight is 219 g/mol. The van der Waals surface area contributed by atoms with Crippen LogP contribution in [0.1, 0.15) is 37.0 Å². The van der Waals surface area contributed by atoms with E-state index in [0.29, 0.717) is 5.65 Å². The van der Waals surface area contributed by atoms with Crippen molar-refractivity contribution in [2.45, 2.75) is 26.2 Å². The van der Waals surface area contributed by atoms with Gasteiger partial charge in [-0.2, -0.15) is 0 Å². The molecule has 0 fully saturated rings. The minimum Gasteiger partial charge on any atom is -0.478 e. The minimum atomic E-state index is -0.988. The summed E-state index contributed by atoms with van der Waals surface area (Å²) in [5.74, 6) is -0.232. The van der Waals surface area contributed by atoms with Crippen LogP contribution in [0.15, 0.2) is 18.3 Å². The van der Waals surface area contributed by atoms with Gasteiger partial charge in [0.2, 0.25) is 0 Å². The zero-order chi connectivity index (χ0) is 11.9. The predicted octanol–water partition coefficient (Wildman–Crippen LogP) is 1.72. The first kappa shape index (κ1) is 10.6. The fourth-order valence-corrected chi connectivity index (χ4v) is 1.59. The number of hydrogen-bond donors (Lipinski definition) is 1. The van der Waals surface area contributed by atoms with E-state index >= 15 is 0 Å². The molecule has 84 valence electrons. The normalized spacial score (nSPS) is 11.9. The van der Waals surface area contributed by atoms with E-state index in [1.807, 2.05) is 20.8 Å². The highest BCUT2D eigenvalue weighted by Gasteiger charge is 2.22. The Balaban J connectivity index is 2.76. The fraction of sp³-hybridized carbons (Fsp3) is 0.364. The molecule has 0 aliphatic heterocycles. The Hall–Kier alpha value is -1.91. The topological polar surface area (TPSA) is 67.5 Å². The molecule has 0 radical (unpaired) electrons. The van der Waals surface area contributed by atoms with E-state index in [4.69, 9.17) is 5.11 Å². The van der Waals surface area contributed by atoms with E-state index in [1.54, 1.807) is 16.7 Å². The van der Waals surface area contributed by atoms with Crippen LogP contribution in [-0.2, 0) is 5.41 Å². The van der Waals surface area contributed by atoms with Gasteiger partial charge in [-0.25, -0.2) is 4.79 Å². The maximum absolute atomic E-state index is 11.0. The second-order valence-electron chi connectivity index (χ2n) is 4.69. The van der Waals surface area contributed by atoms with Gasteiger partial charge in [-0.05, 0) is 12.1 Å². The Morgan fingerprint density at radius 3 is 2.62 bits per heavy atom. The number of aromatic nitrogens is 3. The molecule has 0 spiro atoms. The van der Waals surface area contributed by atoms with Gasteiger partial charge in [-0.1, -0.05) is 20.8 Å². The SMILES string of the molecule is CC(C)(C)c1nnc2c(C(=O)O)cccn12. The highest BCUT2D eigenvalue weighted by Crippen LogP contribution is 2.21. The molecule has 0 bridgehead atoms. The number of rotatable bonds is 1. The van der Waals surface area contributed by atoms with Gasteiger partial charge >= 0.3 is 5.97 Å². The first-order valence-corrected chi connectivity index (χ1v) is 4.99. The molecule has 0 atom stereocenters. The van der Waals surface area contributed by atoms with Crippen molar-refractivity contribution in [3.8, 4) is 0 Å². The number of pyridine rings is 1. The van der Waals surface area contributed by atoms with Crippen LogP contribution in [0.2, 0.25) is 0 Å². The lowest BCUT2D eigenvalue weighted by Crippen LogP contribution is -2.16. The monoisotopic (exact) mass is 219 g/mol. The molecule has 0 unspecified atom stereocenters. The zero-order valence-electron chi connectivity index (χ0n) is 9.43. The number of fused-ring (bicyclic) bond motifs is 1. The van der Waals surface area contributed by atoms with Gasteiger partial charge in [0.05, 0.1) is 0 Å². The van der Waals surface area contributed by atoms with E-state index in [2.05, 4.69) is 10.2 Å². The van der Waals surface area contributed by atoms with Crippen molar-refractivity contribution in [2.75, 3.05) is 0 Å². The molecule has 16 heavy (non-hydrogen) atoms. The summed E-state index contributed by atoms with van der Waals surface area (Å²) in [5, 5.41) is 17.0. The van der Waals surface area contributed by atoms with Gasteiger partial charge < -0.3 is 5.11 Å². The molecule has 0 aliphatic carbocycles. The van der Waals surface area contributed by atoms with Gasteiger partial charge in [-0.3, -0.25) is 4.40 Å². The van der Waals surface area contributed by atoms with Gasteiger partial charge in [-0.15, -0.1) is 10.2 Å². The molecule has 2 aromatic rings. The molecular weight excluding hydrogens is 206 g/mol. The number of aromatic carboxylic acids is 1. The molecule has 5 heteroatoms. The third kappa shape index (κ3) is 1.54. The fourth-order valence-electron chi connectivity index (χ4n) is 1.59. The van der Waals surface area contributed by atoms with Crippen LogP contribution in [-0.4, -0.2) is 25.7 Å². The molecule has 0 aliphatic rings. The average Bonchev–Trinajstić information content (AvgIpc) is 2.59. The lowest BCUT2D eigenvalue weighted by atomic mass is 9.96. The standard InChI is InChI=1S/C11H13N3O2/c1-11(2,3)10-13-12-8-7(9(15)16)5-4-6-14(8)10/h4-6H,1-3H3,(H,15,16). The lowest BCUT2D eigenvalue weighted by molar-refractivity contribution is 0.0698. The minimum absolute atomic E-state index is 0.170. The third-order valence-electron chi connectivity index (χ3n) is 2.34. The van der Waals surface area contributed by atoms with Crippen LogP contribution >= 0.6 is 0 Å². The molecule has 2 heterocycles. The van der Waals surface area contributed by atoms with Crippen LogP contribution in [0.4, 0.5) is 0 Å². The number of carboxylic acid groups (broad SMARTS) is 1. The number of carbonyl (C=O) groups is 1. The van der Waals surface area contributed by atoms with Crippen molar-refractivity contribution in [2.24, 2.45) is 0 Å². The van der Waals surface area contributed by atoms with Crippen molar-refractivity contribution >= 4 is 11.6 Å². The smallest absolute Gasteiger partial charge is 0.339 e. The molecule has 1 N–H and O–H groups in total. The first-order chi connectivity index (χ1) is 7.41. The highest BCUT2D eigenvalue weighted by atomic mass is 16.4. The molecule has 2 rings (SSSR count). The molecule has 0 saturated carbocycles. The van der Waals surface area contributed by atoms with Crippen LogP contribution < -0.4 is 0 Å². The third-order valence-corrected chi connectivity index (χ3v) is 2.34. The molecule has 0 saturated heterocycles. The van der Waals surface area contributed by atoms with E-state index in [-0.39, 0.29) is 11.0 Å². The van der Waals surface area contributed by atoms with E-state index in [1.165, 1.54) is 6.07 Å². The van der Waals surface area contributed by atoms with Crippen molar-refractivity contribution in [3.05, 3.63) is 29.7 Å². The van der Waals surface area contributed by atoms with Crippen LogP contribution in [0.5, 0.6) is 0 Å². The van der Waals surface area contributed by atoms with Crippen LogP contribution in [0, 0.1) is 0 Å². The second kappa shape index (κ2) is 3.30. The predicted molar refractivity (Wildman–Crippen MR) is 58.6 cm³/mol. The Bertz CT molecular complexity index is 552. The summed E-state index contributed by atoms with van der Waals surface area (Å²) >= 11 is 0. The maximum Gasteiger partial charge on any atom is 0.339 e. The van der Waals surface area contributed by atoms with Gasteiger partial charge in [0.15, 0.2) is 5.65 Å². The van der Waals surface area contributed by atoms with Gasteiger partial charge in [0, 0.05) is 11.6 Å². The number of hydrogen-bond acceptors (Lipinski definition) is 3. The molecule has 0 aromatic carbocycles. The summed E-state index contributed by atoms with van der Waals surface area (Å²) in [6, 6.07) is 3.22. The van der Waals surface area contributed by atoms with Crippen LogP contribution in [0.3, 0.4) is 0 Å². The number of nitrogens with zero attached hydrogens (tertiary/aromatic N) is 3. The maximum atomic E-state index is 11.0. The lowest BCUT2D eigenvalue weighted by Gasteiger charge is -2.15. The summed E-state index contributed by atoms with van der Waals surface area (Å²) in [6.07, 6.45) is 1.78. The molecule has 2 aromatic heterocycles. The quantitative estimate of drug-likeness (QED) is 0.793. The molecular formula is C11H13N3O2. The Labute approximate surface area is 92.7 Å². The van der Waals surface area contributed by atoms with Gasteiger partial charge in [0.1, 0.15) is 11.4 Å². The van der Waals surface area contributed by atoms with E-state index in [9.17, 15) is 4.79 Å². The first-order valence-electron chi connectivity index (χ1n) is 4.99. The van der Waals surface area contributed by atoms with Crippen molar-refractivity contribution in [1.29, 1.82) is 0 Å². The Kier molecular flexibility index (Phi) is 2.18. The molecule has 5 nitrogen and oxygen atoms in total. The van der Waals surface area contributed by atoms with E-state index in [0.717, 1.165) is 5.82 Å². The Morgan fingerprint density at radius 1 is 1.38 bits per heavy atom. The van der Waals surface area contributed by atoms with Crippen molar-refractivity contribution in [3.63, 3.8) is 0 Å². The van der Waals surface area contributed by atoms with Crippen LogP contribution in [0.25, 0.3) is 5.65 Å². The molecule has 0 amide bonds. The second-order valence-corrected chi connectivity index (χ2v) is 4.69. The summed E-state index contributed by atoms with van der Waals surface area (Å²) in [4.78, 5) is 11.0.